The normalized spacial score (nSPS) is 20.3. The number of thioether (sulfide) groups is 1. The number of esters is 1. The molecular weight excluding hydrogens is 342 g/mol. The highest BCUT2D eigenvalue weighted by molar-refractivity contribution is 7.99. The summed E-state index contributed by atoms with van der Waals surface area (Å²) in [6.45, 7) is 4.18. The quantitative estimate of drug-likeness (QED) is 0.393. The summed E-state index contributed by atoms with van der Waals surface area (Å²) in [6.07, 6.45) is 4.78. The van der Waals surface area contributed by atoms with Gasteiger partial charge in [-0.05, 0) is 49.5 Å². The largest absolute Gasteiger partial charge is 0.463 e. The van der Waals surface area contributed by atoms with E-state index in [-0.39, 0.29) is 24.0 Å². The van der Waals surface area contributed by atoms with Gasteiger partial charge in [0.1, 0.15) is 6.10 Å². The monoisotopic (exact) mass is 369 g/mol. The van der Waals surface area contributed by atoms with E-state index in [1.807, 2.05) is 18.9 Å². The Labute approximate surface area is 152 Å². The summed E-state index contributed by atoms with van der Waals surface area (Å²) < 4.78 is 7.00. The highest BCUT2D eigenvalue weighted by Gasteiger charge is 2.27. The fourth-order valence-corrected chi connectivity index (χ4v) is 3.93. The number of nitrogens with zero attached hydrogens (tertiary/aromatic N) is 5. The average molecular weight is 369 g/mol. The number of amides is 1. The van der Waals surface area contributed by atoms with E-state index in [4.69, 9.17) is 4.74 Å². The van der Waals surface area contributed by atoms with Crippen LogP contribution in [0.15, 0.2) is 5.16 Å². The minimum Gasteiger partial charge on any atom is -0.463 e. The van der Waals surface area contributed by atoms with Crippen molar-refractivity contribution in [3.63, 3.8) is 0 Å². The molecule has 0 unspecified atom stereocenters. The van der Waals surface area contributed by atoms with Gasteiger partial charge in [0.2, 0.25) is 11.1 Å². The van der Waals surface area contributed by atoms with Crippen molar-refractivity contribution >= 4 is 23.6 Å². The lowest BCUT2D eigenvalue weighted by Gasteiger charge is -2.34. The van der Waals surface area contributed by atoms with Gasteiger partial charge in [0.25, 0.3) is 0 Å². The lowest BCUT2D eigenvalue weighted by molar-refractivity contribution is -0.149. The molecule has 0 aromatic carbocycles. The molecule has 0 bridgehead atoms. The molecule has 8 nitrogen and oxygen atoms in total. The number of aromatic nitrogens is 4. The molecule has 1 aromatic heterocycles. The van der Waals surface area contributed by atoms with Crippen LogP contribution in [0.1, 0.15) is 52.4 Å². The van der Waals surface area contributed by atoms with Gasteiger partial charge in [-0.25, -0.2) is 4.68 Å². The second-order valence-electron chi connectivity index (χ2n) is 6.27. The first-order valence-electron chi connectivity index (χ1n) is 8.83. The molecule has 0 saturated heterocycles. The molecule has 1 amide bonds. The maximum atomic E-state index is 12.4. The minimum atomic E-state index is -0.223. The lowest BCUT2D eigenvalue weighted by Crippen LogP contribution is -2.40. The fourth-order valence-electron chi connectivity index (χ4n) is 3.05. The van der Waals surface area contributed by atoms with Crippen LogP contribution in [0, 0.1) is 0 Å². The first-order valence-corrected chi connectivity index (χ1v) is 9.81. The third-order valence-corrected chi connectivity index (χ3v) is 5.53. The molecule has 0 radical (unpaired) electrons. The number of rotatable bonds is 8. The van der Waals surface area contributed by atoms with E-state index in [1.54, 1.807) is 16.4 Å². The Morgan fingerprint density at radius 3 is 2.68 bits per heavy atom. The molecule has 140 valence electrons. The van der Waals surface area contributed by atoms with E-state index < -0.39 is 0 Å². The topological polar surface area (TPSA) is 90.2 Å². The molecule has 25 heavy (non-hydrogen) atoms. The van der Waals surface area contributed by atoms with Gasteiger partial charge in [-0.15, -0.1) is 5.10 Å². The number of tetrazole rings is 1. The Hall–Kier alpha value is -1.64. The molecule has 1 fully saturated rings. The van der Waals surface area contributed by atoms with Crippen LogP contribution in [0.3, 0.4) is 0 Å². The summed E-state index contributed by atoms with van der Waals surface area (Å²) in [6, 6.07) is 0.249. The van der Waals surface area contributed by atoms with E-state index in [0.717, 1.165) is 49.6 Å². The van der Waals surface area contributed by atoms with Gasteiger partial charge in [0.05, 0.1) is 0 Å². The number of hydrogen-bond acceptors (Lipinski definition) is 7. The molecule has 2 rings (SSSR count). The van der Waals surface area contributed by atoms with Crippen LogP contribution < -0.4 is 0 Å². The second-order valence-corrected chi connectivity index (χ2v) is 7.34. The summed E-state index contributed by atoms with van der Waals surface area (Å²) >= 11 is 1.58. The van der Waals surface area contributed by atoms with Crippen LogP contribution in [0.5, 0.6) is 0 Å². The van der Waals surface area contributed by atoms with E-state index in [1.165, 1.54) is 6.92 Å². The van der Waals surface area contributed by atoms with Gasteiger partial charge in [-0.2, -0.15) is 0 Å². The number of carbonyl (C=O) groups excluding carboxylic acids is 2. The standard InChI is InChI=1S/C16H27N5O3S/c1-4-21-16(17-18-19-21)25-11-5-6-15(23)20(3)13-7-9-14(10-8-13)24-12(2)22/h13-14H,4-11H2,1-3H3. The van der Waals surface area contributed by atoms with Crippen LogP contribution in [-0.2, 0) is 20.9 Å². The minimum absolute atomic E-state index is 0.0122. The molecule has 0 aliphatic heterocycles. The maximum Gasteiger partial charge on any atom is 0.302 e. The first-order chi connectivity index (χ1) is 12.0. The van der Waals surface area contributed by atoms with Crippen molar-refractivity contribution in [3.8, 4) is 0 Å². The number of aryl methyl sites for hydroxylation is 1. The average Bonchev–Trinajstić information content (AvgIpc) is 3.05. The van der Waals surface area contributed by atoms with Crippen molar-refractivity contribution in [1.82, 2.24) is 25.1 Å². The van der Waals surface area contributed by atoms with E-state index in [2.05, 4.69) is 15.5 Å². The van der Waals surface area contributed by atoms with E-state index >= 15 is 0 Å². The van der Waals surface area contributed by atoms with Crippen LogP contribution in [0.25, 0.3) is 0 Å². The molecule has 1 aliphatic carbocycles. The molecule has 1 aromatic rings. The Morgan fingerprint density at radius 2 is 2.04 bits per heavy atom. The van der Waals surface area contributed by atoms with Crippen molar-refractivity contribution in [2.75, 3.05) is 12.8 Å². The predicted molar refractivity (Wildman–Crippen MR) is 94.0 cm³/mol. The van der Waals surface area contributed by atoms with E-state index in [9.17, 15) is 9.59 Å². The van der Waals surface area contributed by atoms with E-state index in [0.29, 0.717) is 6.42 Å². The van der Waals surface area contributed by atoms with Crippen LogP contribution in [0.4, 0.5) is 0 Å². The summed E-state index contributed by atoms with van der Waals surface area (Å²) in [5.41, 5.74) is 0. The van der Waals surface area contributed by atoms with Crippen LogP contribution >= 0.6 is 11.8 Å². The summed E-state index contributed by atoms with van der Waals surface area (Å²) in [5.74, 6) is 0.769. The van der Waals surface area contributed by atoms with Gasteiger partial charge in [-0.1, -0.05) is 11.8 Å². The van der Waals surface area contributed by atoms with Gasteiger partial charge >= 0.3 is 5.97 Å². The molecule has 0 N–H and O–H groups in total. The summed E-state index contributed by atoms with van der Waals surface area (Å²) in [5, 5.41) is 12.3. The molecular formula is C16H27N5O3S. The molecule has 0 atom stereocenters. The third-order valence-electron chi connectivity index (χ3n) is 4.48. The number of carbonyl (C=O) groups is 2. The van der Waals surface area contributed by atoms with Gasteiger partial charge in [-0.3, -0.25) is 9.59 Å². The van der Waals surface area contributed by atoms with Crippen LogP contribution in [-0.4, -0.2) is 61.9 Å². The summed E-state index contributed by atoms with van der Waals surface area (Å²) in [4.78, 5) is 25.2. The fraction of sp³-hybridized carbons (Fsp3) is 0.812. The predicted octanol–water partition coefficient (Wildman–Crippen LogP) is 1.90. The van der Waals surface area contributed by atoms with Gasteiger partial charge in [0, 0.05) is 38.7 Å². The second kappa shape index (κ2) is 9.74. The molecule has 1 aliphatic rings. The molecule has 0 spiro atoms. The highest BCUT2D eigenvalue weighted by atomic mass is 32.2. The Balaban J connectivity index is 1.66. The smallest absolute Gasteiger partial charge is 0.302 e. The zero-order valence-electron chi connectivity index (χ0n) is 15.2. The first kappa shape index (κ1) is 19.7. The maximum absolute atomic E-state index is 12.4. The van der Waals surface area contributed by atoms with Crippen molar-refractivity contribution in [1.29, 1.82) is 0 Å². The molecule has 1 saturated carbocycles. The van der Waals surface area contributed by atoms with Gasteiger partial charge in [0.15, 0.2) is 0 Å². The summed E-state index contributed by atoms with van der Waals surface area (Å²) in [7, 11) is 1.88. The Morgan fingerprint density at radius 1 is 1.32 bits per heavy atom. The Bertz CT molecular complexity index is 572. The van der Waals surface area contributed by atoms with Gasteiger partial charge < -0.3 is 9.64 Å². The zero-order chi connectivity index (χ0) is 18.2. The third kappa shape index (κ3) is 5.98. The number of ether oxygens (including phenoxy) is 1. The molecule has 9 heteroatoms. The van der Waals surface area contributed by atoms with Crippen molar-refractivity contribution in [2.45, 2.75) is 76.2 Å². The van der Waals surface area contributed by atoms with Crippen molar-refractivity contribution in [2.24, 2.45) is 0 Å². The SMILES string of the molecule is CCn1nnnc1SCCCC(=O)N(C)C1CCC(OC(C)=O)CC1. The molecule has 1 heterocycles. The van der Waals surface area contributed by atoms with Crippen molar-refractivity contribution in [3.05, 3.63) is 0 Å². The van der Waals surface area contributed by atoms with Crippen molar-refractivity contribution < 1.29 is 14.3 Å². The number of hydrogen-bond donors (Lipinski definition) is 0. The highest BCUT2D eigenvalue weighted by Crippen LogP contribution is 2.25. The lowest BCUT2D eigenvalue weighted by atomic mass is 9.92. The zero-order valence-corrected chi connectivity index (χ0v) is 16.0. The van der Waals surface area contributed by atoms with Crippen LogP contribution in [0.2, 0.25) is 0 Å². The Kier molecular flexibility index (Phi) is 7.67.